The van der Waals surface area contributed by atoms with Crippen molar-refractivity contribution in [3.8, 4) is 5.75 Å². The van der Waals surface area contributed by atoms with Crippen molar-refractivity contribution in [3.63, 3.8) is 0 Å². The van der Waals surface area contributed by atoms with Crippen molar-refractivity contribution in [2.24, 2.45) is 4.99 Å². The predicted molar refractivity (Wildman–Crippen MR) is 121 cm³/mol. The maximum absolute atomic E-state index is 5.33. The number of likely N-dealkylation sites (tertiary alicyclic amines) is 2. The van der Waals surface area contributed by atoms with Crippen LogP contribution in [0, 0.1) is 0 Å². The maximum atomic E-state index is 5.33. The Kier molecular flexibility index (Phi) is 9.09. The van der Waals surface area contributed by atoms with Crippen molar-refractivity contribution in [1.29, 1.82) is 0 Å². The van der Waals surface area contributed by atoms with Gasteiger partial charge in [0, 0.05) is 20.1 Å². The van der Waals surface area contributed by atoms with Crippen molar-refractivity contribution in [1.82, 2.24) is 20.4 Å². The average Bonchev–Trinajstić information content (AvgIpc) is 3.47. The Morgan fingerprint density at radius 2 is 1.69 bits per heavy atom. The van der Waals surface area contributed by atoms with Gasteiger partial charge in [-0.25, -0.2) is 0 Å². The fourth-order valence-electron chi connectivity index (χ4n) is 4.42. The summed E-state index contributed by atoms with van der Waals surface area (Å²) in [6.07, 6.45) is 7.77. The Labute approximate surface area is 176 Å². The molecule has 3 rings (SSSR count). The Hall–Kier alpha value is -1.79. The van der Waals surface area contributed by atoms with Gasteiger partial charge < -0.3 is 20.3 Å². The number of guanidine groups is 1. The van der Waals surface area contributed by atoms with Crippen molar-refractivity contribution >= 4 is 5.96 Å². The normalized spacial score (nSPS) is 19.4. The lowest BCUT2D eigenvalue weighted by Crippen LogP contribution is -2.43. The van der Waals surface area contributed by atoms with E-state index in [-0.39, 0.29) is 0 Å². The number of ether oxygens (including phenoxy) is 1. The van der Waals surface area contributed by atoms with Crippen molar-refractivity contribution in [2.45, 2.75) is 44.6 Å². The van der Waals surface area contributed by atoms with E-state index in [0.29, 0.717) is 6.04 Å². The predicted octanol–water partition coefficient (Wildman–Crippen LogP) is 2.87. The second-order valence-corrected chi connectivity index (χ2v) is 8.17. The van der Waals surface area contributed by atoms with Crippen LogP contribution in [0.5, 0.6) is 5.75 Å². The molecule has 1 aromatic carbocycles. The lowest BCUT2D eigenvalue weighted by Gasteiger charge is -2.29. The van der Waals surface area contributed by atoms with E-state index in [1.54, 1.807) is 7.11 Å². The summed E-state index contributed by atoms with van der Waals surface area (Å²) in [6, 6.07) is 8.87. The van der Waals surface area contributed by atoms with Crippen LogP contribution < -0.4 is 15.4 Å². The third-order valence-corrected chi connectivity index (χ3v) is 6.16. The Morgan fingerprint density at radius 1 is 1.00 bits per heavy atom. The standard InChI is InChI=1S/C23H39N5O/c1-24-23(25-13-3-4-14-27-15-5-6-16-27)26-19-22(28-17-7-8-18-28)20-9-11-21(29-2)12-10-20/h9-12,22H,3-8,13-19H2,1-2H3,(H2,24,25,26). The molecule has 6 heteroatoms. The molecule has 0 amide bonds. The monoisotopic (exact) mass is 401 g/mol. The molecule has 2 aliphatic heterocycles. The molecule has 2 saturated heterocycles. The smallest absolute Gasteiger partial charge is 0.191 e. The van der Waals surface area contributed by atoms with Gasteiger partial charge in [0.1, 0.15) is 5.75 Å². The van der Waals surface area contributed by atoms with Gasteiger partial charge in [0.15, 0.2) is 5.96 Å². The molecule has 29 heavy (non-hydrogen) atoms. The Morgan fingerprint density at radius 3 is 2.34 bits per heavy atom. The minimum Gasteiger partial charge on any atom is -0.497 e. The largest absolute Gasteiger partial charge is 0.497 e. The molecule has 1 atom stereocenters. The molecule has 2 heterocycles. The highest BCUT2D eigenvalue weighted by Gasteiger charge is 2.23. The summed E-state index contributed by atoms with van der Waals surface area (Å²) in [7, 11) is 3.58. The molecule has 1 aromatic rings. The van der Waals surface area contributed by atoms with Gasteiger partial charge in [-0.1, -0.05) is 12.1 Å². The first kappa shape index (κ1) is 21.9. The van der Waals surface area contributed by atoms with Crippen LogP contribution in [0.25, 0.3) is 0 Å². The lowest BCUT2D eigenvalue weighted by atomic mass is 10.1. The van der Waals surface area contributed by atoms with Gasteiger partial charge in [-0.2, -0.15) is 0 Å². The van der Waals surface area contributed by atoms with E-state index in [9.17, 15) is 0 Å². The number of benzene rings is 1. The van der Waals surface area contributed by atoms with Crippen LogP contribution in [0.4, 0.5) is 0 Å². The van der Waals surface area contributed by atoms with E-state index < -0.39 is 0 Å². The summed E-state index contributed by atoms with van der Waals surface area (Å²) >= 11 is 0. The van der Waals surface area contributed by atoms with E-state index in [1.807, 2.05) is 7.05 Å². The molecule has 0 saturated carbocycles. The Bertz CT molecular complexity index is 606. The molecular formula is C23H39N5O. The highest BCUT2D eigenvalue weighted by molar-refractivity contribution is 5.79. The van der Waals surface area contributed by atoms with Crippen LogP contribution in [0.1, 0.15) is 50.1 Å². The molecular weight excluding hydrogens is 362 g/mol. The first-order chi connectivity index (χ1) is 14.3. The van der Waals surface area contributed by atoms with E-state index >= 15 is 0 Å². The lowest BCUT2D eigenvalue weighted by molar-refractivity contribution is 0.245. The number of hydrogen-bond acceptors (Lipinski definition) is 4. The van der Waals surface area contributed by atoms with Crippen LogP contribution in [0.15, 0.2) is 29.3 Å². The second kappa shape index (κ2) is 12.0. The van der Waals surface area contributed by atoms with E-state index in [2.05, 4.69) is 49.7 Å². The fraction of sp³-hybridized carbons (Fsp3) is 0.696. The third kappa shape index (κ3) is 6.89. The van der Waals surface area contributed by atoms with Crippen LogP contribution in [0.2, 0.25) is 0 Å². The van der Waals surface area contributed by atoms with Gasteiger partial charge in [0.25, 0.3) is 0 Å². The van der Waals surface area contributed by atoms with Gasteiger partial charge in [-0.05, 0) is 88.9 Å². The highest BCUT2D eigenvalue weighted by Crippen LogP contribution is 2.26. The quantitative estimate of drug-likeness (QED) is 0.359. The molecule has 1 unspecified atom stereocenters. The van der Waals surface area contributed by atoms with E-state index in [0.717, 1.165) is 24.8 Å². The average molecular weight is 402 g/mol. The molecule has 2 fully saturated rings. The molecule has 2 aliphatic rings. The minimum absolute atomic E-state index is 0.358. The van der Waals surface area contributed by atoms with Gasteiger partial charge in [0.2, 0.25) is 0 Å². The molecule has 0 radical (unpaired) electrons. The molecule has 0 aromatic heterocycles. The zero-order chi connectivity index (χ0) is 20.3. The summed E-state index contributed by atoms with van der Waals surface area (Å²) in [4.78, 5) is 9.60. The fourth-order valence-corrected chi connectivity index (χ4v) is 4.42. The summed E-state index contributed by atoms with van der Waals surface area (Å²) in [5.41, 5.74) is 1.33. The minimum atomic E-state index is 0.358. The number of nitrogens with zero attached hydrogens (tertiary/aromatic N) is 3. The molecule has 2 N–H and O–H groups in total. The molecule has 0 bridgehead atoms. The van der Waals surface area contributed by atoms with Crippen LogP contribution >= 0.6 is 0 Å². The SMILES string of the molecule is CN=C(NCCCCN1CCCC1)NCC(c1ccc(OC)cc1)N1CCCC1. The molecule has 6 nitrogen and oxygen atoms in total. The summed E-state index contributed by atoms with van der Waals surface area (Å²) in [5, 5.41) is 7.05. The van der Waals surface area contributed by atoms with Crippen molar-refractivity contribution in [3.05, 3.63) is 29.8 Å². The zero-order valence-corrected chi connectivity index (χ0v) is 18.3. The van der Waals surface area contributed by atoms with Gasteiger partial charge in [-0.3, -0.25) is 9.89 Å². The van der Waals surface area contributed by atoms with Gasteiger partial charge in [0.05, 0.1) is 13.2 Å². The topological polar surface area (TPSA) is 52.1 Å². The van der Waals surface area contributed by atoms with Crippen LogP contribution in [0.3, 0.4) is 0 Å². The van der Waals surface area contributed by atoms with Crippen molar-refractivity contribution in [2.75, 3.05) is 60.0 Å². The second-order valence-electron chi connectivity index (χ2n) is 8.17. The number of hydrogen-bond donors (Lipinski definition) is 2. The first-order valence-corrected chi connectivity index (χ1v) is 11.3. The zero-order valence-electron chi connectivity index (χ0n) is 18.3. The van der Waals surface area contributed by atoms with E-state index in [1.165, 1.54) is 76.8 Å². The van der Waals surface area contributed by atoms with E-state index in [4.69, 9.17) is 4.74 Å². The summed E-state index contributed by atoms with van der Waals surface area (Å²) in [5.74, 6) is 1.82. The molecule has 0 spiro atoms. The highest BCUT2D eigenvalue weighted by atomic mass is 16.5. The molecule has 162 valence electrons. The summed E-state index contributed by atoms with van der Waals surface area (Å²) in [6.45, 7) is 7.99. The number of nitrogens with one attached hydrogen (secondary N) is 2. The van der Waals surface area contributed by atoms with Gasteiger partial charge in [-0.15, -0.1) is 0 Å². The number of unbranched alkanes of at least 4 members (excludes halogenated alkanes) is 1. The third-order valence-electron chi connectivity index (χ3n) is 6.16. The number of rotatable bonds is 10. The maximum Gasteiger partial charge on any atom is 0.191 e. The first-order valence-electron chi connectivity index (χ1n) is 11.3. The van der Waals surface area contributed by atoms with Crippen LogP contribution in [-0.4, -0.2) is 75.7 Å². The summed E-state index contributed by atoms with van der Waals surface area (Å²) < 4.78 is 5.33. The number of methoxy groups -OCH3 is 1. The molecule has 0 aliphatic carbocycles. The Balaban J connectivity index is 1.45. The number of aliphatic imine (C=N–C) groups is 1. The van der Waals surface area contributed by atoms with Crippen molar-refractivity contribution < 1.29 is 4.74 Å². The van der Waals surface area contributed by atoms with Gasteiger partial charge >= 0.3 is 0 Å². The van der Waals surface area contributed by atoms with Crippen LogP contribution in [-0.2, 0) is 0 Å².